The summed E-state index contributed by atoms with van der Waals surface area (Å²) in [5.41, 5.74) is 0. The molecular formula is C9H15ClN2. The summed E-state index contributed by atoms with van der Waals surface area (Å²) in [7, 11) is 0. The predicted octanol–water partition coefficient (Wildman–Crippen LogP) is 2.64. The Morgan fingerprint density at radius 3 is 2.92 bits per heavy atom. The van der Waals surface area contributed by atoms with Gasteiger partial charge in [-0.2, -0.15) is 0 Å². The highest BCUT2D eigenvalue weighted by molar-refractivity contribution is 6.17. The van der Waals surface area contributed by atoms with Gasteiger partial charge in [-0.15, -0.1) is 11.6 Å². The number of halogens is 1. The number of imidazole rings is 1. The first-order chi connectivity index (χ1) is 5.75. The fourth-order valence-corrected chi connectivity index (χ4v) is 1.36. The minimum Gasteiger partial charge on any atom is -0.335 e. The van der Waals surface area contributed by atoms with Crippen LogP contribution in [0, 0.1) is 0 Å². The molecule has 3 heteroatoms. The molecule has 0 radical (unpaired) electrons. The van der Waals surface area contributed by atoms with Crippen molar-refractivity contribution >= 4 is 11.6 Å². The van der Waals surface area contributed by atoms with Crippen molar-refractivity contribution in [3.63, 3.8) is 0 Å². The van der Waals surface area contributed by atoms with Crippen molar-refractivity contribution < 1.29 is 0 Å². The third-order valence-electron chi connectivity index (χ3n) is 1.80. The van der Waals surface area contributed by atoms with E-state index in [9.17, 15) is 0 Å². The Morgan fingerprint density at radius 1 is 1.58 bits per heavy atom. The van der Waals surface area contributed by atoms with E-state index >= 15 is 0 Å². The highest BCUT2D eigenvalue weighted by Crippen LogP contribution is 2.11. The molecule has 0 saturated carbocycles. The number of rotatable bonds is 4. The van der Waals surface area contributed by atoms with Gasteiger partial charge in [-0.05, 0) is 6.42 Å². The molecule has 0 aliphatic heterocycles. The van der Waals surface area contributed by atoms with E-state index in [0.29, 0.717) is 5.92 Å². The van der Waals surface area contributed by atoms with E-state index in [4.69, 9.17) is 11.6 Å². The van der Waals surface area contributed by atoms with Crippen LogP contribution in [0.5, 0.6) is 0 Å². The van der Waals surface area contributed by atoms with Gasteiger partial charge in [-0.3, -0.25) is 0 Å². The molecule has 1 aromatic rings. The largest absolute Gasteiger partial charge is 0.335 e. The zero-order valence-electron chi connectivity index (χ0n) is 7.63. The van der Waals surface area contributed by atoms with E-state index in [0.717, 1.165) is 24.7 Å². The Morgan fingerprint density at radius 2 is 2.33 bits per heavy atom. The Kier molecular flexibility index (Phi) is 3.60. The molecule has 1 rings (SSSR count). The molecule has 1 aromatic heterocycles. The molecule has 0 aromatic carbocycles. The maximum absolute atomic E-state index is 5.62. The Balaban J connectivity index is 2.64. The van der Waals surface area contributed by atoms with Gasteiger partial charge in [0.15, 0.2) is 0 Å². The lowest BCUT2D eigenvalue weighted by atomic mass is 10.2. The topological polar surface area (TPSA) is 17.8 Å². The summed E-state index contributed by atoms with van der Waals surface area (Å²) in [6.45, 7) is 5.29. The average molecular weight is 187 g/mol. The van der Waals surface area contributed by atoms with E-state index in [2.05, 4.69) is 23.4 Å². The molecule has 0 saturated heterocycles. The van der Waals surface area contributed by atoms with Crippen molar-refractivity contribution in [1.29, 1.82) is 0 Å². The number of alkyl halides is 1. The van der Waals surface area contributed by atoms with Crippen molar-refractivity contribution in [2.24, 2.45) is 0 Å². The summed E-state index contributed by atoms with van der Waals surface area (Å²) in [5.74, 6) is 2.37. The highest BCUT2D eigenvalue weighted by atomic mass is 35.5. The lowest BCUT2D eigenvalue weighted by molar-refractivity contribution is 0.612. The molecule has 0 spiro atoms. The van der Waals surface area contributed by atoms with Crippen molar-refractivity contribution in [2.75, 3.05) is 5.88 Å². The fourth-order valence-electron chi connectivity index (χ4n) is 1.24. The van der Waals surface area contributed by atoms with Crippen molar-refractivity contribution in [1.82, 2.24) is 9.55 Å². The monoisotopic (exact) mass is 186 g/mol. The van der Waals surface area contributed by atoms with E-state index < -0.39 is 0 Å². The summed E-state index contributed by atoms with van der Waals surface area (Å²) in [4.78, 5) is 4.29. The average Bonchev–Trinajstić information content (AvgIpc) is 2.48. The van der Waals surface area contributed by atoms with Gasteiger partial charge in [0.1, 0.15) is 5.82 Å². The smallest absolute Gasteiger partial charge is 0.111 e. The summed E-state index contributed by atoms with van der Waals surface area (Å²) in [6.07, 6.45) is 4.88. The van der Waals surface area contributed by atoms with Crippen LogP contribution in [0.4, 0.5) is 0 Å². The van der Waals surface area contributed by atoms with E-state index in [1.54, 1.807) is 0 Å². The van der Waals surface area contributed by atoms with Crippen LogP contribution < -0.4 is 0 Å². The molecule has 0 fully saturated rings. The summed E-state index contributed by atoms with van der Waals surface area (Å²) in [6, 6.07) is 0. The second-order valence-corrected chi connectivity index (χ2v) is 3.55. The number of hydrogen-bond donors (Lipinski definition) is 0. The molecule has 1 heterocycles. The second-order valence-electron chi connectivity index (χ2n) is 3.18. The standard InChI is InChI=1S/C9H15ClN2/c1-8(2)9-11-5-7-12(9)6-3-4-10/h5,7-8H,3-4,6H2,1-2H3. The quantitative estimate of drug-likeness (QED) is 0.662. The number of nitrogens with zero attached hydrogens (tertiary/aromatic N) is 2. The minimum atomic E-state index is 0.496. The lowest BCUT2D eigenvalue weighted by Gasteiger charge is -2.08. The van der Waals surface area contributed by atoms with Gasteiger partial charge in [0, 0.05) is 30.7 Å². The predicted molar refractivity (Wildman–Crippen MR) is 51.7 cm³/mol. The molecule has 0 bridgehead atoms. The summed E-state index contributed by atoms with van der Waals surface area (Å²) >= 11 is 5.62. The first kappa shape index (κ1) is 9.59. The third-order valence-corrected chi connectivity index (χ3v) is 2.06. The third kappa shape index (κ3) is 2.24. The van der Waals surface area contributed by atoms with Crippen LogP contribution >= 0.6 is 11.6 Å². The highest BCUT2D eigenvalue weighted by Gasteiger charge is 2.05. The van der Waals surface area contributed by atoms with Crippen LogP contribution in [-0.2, 0) is 6.54 Å². The molecular weight excluding hydrogens is 172 g/mol. The zero-order chi connectivity index (χ0) is 8.97. The van der Waals surface area contributed by atoms with Crippen LogP contribution in [0.3, 0.4) is 0 Å². The number of aryl methyl sites for hydroxylation is 1. The second kappa shape index (κ2) is 4.51. The molecule has 0 N–H and O–H groups in total. The van der Waals surface area contributed by atoms with Crippen molar-refractivity contribution in [3.05, 3.63) is 18.2 Å². The zero-order valence-corrected chi connectivity index (χ0v) is 8.38. The van der Waals surface area contributed by atoms with Crippen LogP contribution in [0.2, 0.25) is 0 Å². The Hall–Kier alpha value is -0.500. The summed E-state index contributed by atoms with van der Waals surface area (Å²) in [5, 5.41) is 0. The Labute approximate surface area is 78.6 Å². The fraction of sp³-hybridized carbons (Fsp3) is 0.667. The van der Waals surface area contributed by atoms with Gasteiger partial charge in [0.25, 0.3) is 0 Å². The van der Waals surface area contributed by atoms with E-state index in [-0.39, 0.29) is 0 Å². The molecule has 0 amide bonds. The molecule has 68 valence electrons. The number of aromatic nitrogens is 2. The van der Waals surface area contributed by atoms with Crippen LogP contribution in [-0.4, -0.2) is 15.4 Å². The number of hydrogen-bond acceptors (Lipinski definition) is 1. The van der Waals surface area contributed by atoms with Gasteiger partial charge in [-0.1, -0.05) is 13.8 Å². The van der Waals surface area contributed by atoms with E-state index in [1.165, 1.54) is 0 Å². The molecule has 0 unspecified atom stereocenters. The van der Waals surface area contributed by atoms with Crippen LogP contribution in [0.25, 0.3) is 0 Å². The van der Waals surface area contributed by atoms with Gasteiger partial charge in [0.05, 0.1) is 0 Å². The summed E-state index contributed by atoms with van der Waals surface area (Å²) < 4.78 is 2.17. The van der Waals surface area contributed by atoms with E-state index in [1.807, 2.05) is 12.4 Å². The molecule has 0 aliphatic carbocycles. The minimum absolute atomic E-state index is 0.496. The normalized spacial score (nSPS) is 11.0. The van der Waals surface area contributed by atoms with Gasteiger partial charge >= 0.3 is 0 Å². The Bertz CT molecular complexity index is 230. The van der Waals surface area contributed by atoms with Crippen LogP contribution in [0.15, 0.2) is 12.4 Å². The van der Waals surface area contributed by atoms with Gasteiger partial charge in [-0.25, -0.2) is 4.98 Å². The van der Waals surface area contributed by atoms with Gasteiger partial charge < -0.3 is 4.57 Å². The first-order valence-electron chi connectivity index (χ1n) is 4.32. The molecule has 0 aliphatic rings. The maximum atomic E-state index is 5.62. The van der Waals surface area contributed by atoms with Gasteiger partial charge in [0.2, 0.25) is 0 Å². The molecule has 12 heavy (non-hydrogen) atoms. The molecule has 2 nitrogen and oxygen atoms in total. The SMILES string of the molecule is CC(C)c1nccn1CCCCl. The lowest BCUT2D eigenvalue weighted by Crippen LogP contribution is -2.04. The molecule has 0 atom stereocenters. The van der Waals surface area contributed by atoms with Crippen LogP contribution in [0.1, 0.15) is 32.0 Å². The first-order valence-corrected chi connectivity index (χ1v) is 4.86. The van der Waals surface area contributed by atoms with Crippen molar-refractivity contribution in [2.45, 2.75) is 32.7 Å². The maximum Gasteiger partial charge on any atom is 0.111 e. The van der Waals surface area contributed by atoms with Crippen molar-refractivity contribution in [3.8, 4) is 0 Å².